The molecule has 1 aromatic carbocycles. The lowest BCUT2D eigenvalue weighted by atomic mass is 9.98. The maximum Gasteiger partial charge on any atom is 0.268 e. The smallest absolute Gasteiger partial charge is 0.268 e. The lowest BCUT2D eigenvalue weighted by molar-refractivity contribution is -0.140. The molecule has 1 fully saturated rings. The number of halogens is 4. The molecule has 1 saturated heterocycles. The molecule has 212 valence electrons. The molecule has 1 amide bonds. The highest BCUT2D eigenvalue weighted by atomic mass is 32.2. The fourth-order valence-electron chi connectivity index (χ4n) is 4.75. The predicted molar refractivity (Wildman–Crippen MR) is 141 cm³/mol. The second kappa shape index (κ2) is 11.7. The van der Waals surface area contributed by atoms with E-state index in [0.29, 0.717) is 21.0 Å². The van der Waals surface area contributed by atoms with Gasteiger partial charge in [-0.3, -0.25) is 4.79 Å². The van der Waals surface area contributed by atoms with Crippen LogP contribution in [0.2, 0.25) is 0 Å². The van der Waals surface area contributed by atoms with Crippen LogP contribution in [0.4, 0.5) is 28.9 Å². The molecule has 14 heteroatoms. The third-order valence-electron chi connectivity index (χ3n) is 6.78. The lowest BCUT2D eigenvalue weighted by Crippen LogP contribution is -2.41. The minimum Gasteiger partial charge on any atom is -0.371 e. The Bertz CT molecular complexity index is 1420. The van der Waals surface area contributed by atoms with Gasteiger partial charge in [0.2, 0.25) is 5.91 Å². The van der Waals surface area contributed by atoms with Crippen LogP contribution in [0.1, 0.15) is 41.1 Å². The van der Waals surface area contributed by atoms with Gasteiger partial charge in [0.1, 0.15) is 32.3 Å². The van der Waals surface area contributed by atoms with Crippen LogP contribution in [0.15, 0.2) is 30.5 Å². The van der Waals surface area contributed by atoms with Crippen LogP contribution in [0.3, 0.4) is 0 Å². The van der Waals surface area contributed by atoms with Crippen molar-refractivity contribution in [2.45, 2.75) is 44.8 Å². The number of aryl methyl sites for hydroxylation is 1. The van der Waals surface area contributed by atoms with Crippen LogP contribution in [-0.2, 0) is 19.4 Å². The summed E-state index contributed by atoms with van der Waals surface area (Å²) < 4.78 is 84.4. The van der Waals surface area contributed by atoms with E-state index < -0.39 is 46.7 Å². The van der Waals surface area contributed by atoms with E-state index in [0.717, 1.165) is 4.90 Å². The topological polar surface area (TPSA) is 101 Å². The van der Waals surface area contributed by atoms with Crippen molar-refractivity contribution in [2.24, 2.45) is 5.92 Å². The number of amides is 1. The van der Waals surface area contributed by atoms with Gasteiger partial charge in [0, 0.05) is 31.3 Å². The van der Waals surface area contributed by atoms with E-state index in [-0.39, 0.29) is 41.2 Å². The zero-order valence-electron chi connectivity index (χ0n) is 21.4. The first-order chi connectivity index (χ1) is 18.4. The van der Waals surface area contributed by atoms with Gasteiger partial charge in [0.15, 0.2) is 0 Å². The molecule has 1 aliphatic rings. The van der Waals surface area contributed by atoms with Crippen molar-refractivity contribution in [3.63, 3.8) is 0 Å². The Kier molecular flexibility index (Phi) is 8.76. The molecule has 0 bridgehead atoms. The number of carbonyl (C=O) groups is 1. The summed E-state index contributed by atoms with van der Waals surface area (Å²) in [6.45, 7) is 1.74. The van der Waals surface area contributed by atoms with E-state index in [1.807, 2.05) is 0 Å². The van der Waals surface area contributed by atoms with E-state index in [1.54, 1.807) is 6.92 Å². The molecule has 8 nitrogen and oxygen atoms in total. The SMILES string of the molecule is CO[C@H](c1c(Nc2ccc([C@@H](C(F)F)N(C)C(=O)C3CCS(=O)(=O)CC3)cc2)cnc2sc(C)nc12)C(F)F. The molecule has 1 aliphatic heterocycles. The van der Waals surface area contributed by atoms with Gasteiger partial charge in [-0.1, -0.05) is 23.5 Å². The molecule has 0 saturated carbocycles. The number of hydrogen-bond donors (Lipinski definition) is 1. The van der Waals surface area contributed by atoms with Crippen molar-refractivity contribution in [1.82, 2.24) is 14.9 Å². The second-order valence-corrected chi connectivity index (χ2v) is 12.8. The molecule has 0 unspecified atom stereocenters. The van der Waals surface area contributed by atoms with Crippen LogP contribution in [0.25, 0.3) is 10.3 Å². The van der Waals surface area contributed by atoms with E-state index in [4.69, 9.17) is 4.74 Å². The minimum absolute atomic E-state index is 0.102. The highest BCUT2D eigenvalue weighted by Gasteiger charge is 2.36. The molecule has 3 heterocycles. The van der Waals surface area contributed by atoms with Gasteiger partial charge in [-0.15, -0.1) is 0 Å². The Morgan fingerprint density at radius 2 is 1.77 bits per heavy atom. The zero-order chi connectivity index (χ0) is 28.5. The number of alkyl halides is 4. The first kappa shape index (κ1) is 29.2. The summed E-state index contributed by atoms with van der Waals surface area (Å²) in [4.78, 5) is 23.1. The summed E-state index contributed by atoms with van der Waals surface area (Å²) in [7, 11) is -0.743. The van der Waals surface area contributed by atoms with Crippen molar-refractivity contribution < 1.29 is 35.5 Å². The monoisotopic (exact) mass is 588 g/mol. The standard InChI is InChI=1S/C25H28F4N4O4S2/c1-13-31-19-18(21(37-3)23(28)29)17(12-30-24(19)38-13)32-16-6-4-14(5-7-16)20(22(26)27)33(2)25(34)15-8-10-39(35,36)11-9-15/h4-7,12,15,20-23,32H,8-11H2,1-3H3/t20-,21+/m0/s1. The summed E-state index contributed by atoms with van der Waals surface area (Å²) in [5.74, 6) is -1.46. The number of fused-ring (bicyclic) bond motifs is 1. The number of sulfone groups is 1. The Hall–Kier alpha value is -2.84. The highest BCUT2D eigenvalue weighted by molar-refractivity contribution is 7.91. The van der Waals surface area contributed by atoms with Crippen LogP contribution in [-0.4, -0.2) is 67.7 Å². The quantitative estimate of drug-likeness (QED) is 0.339. The number of aromatic nitrogens is 2. The molecule has 2 atom stereocenters. The third-order valence-corrected chi connectivity index (χ3v) is 9.37. The largest absolute Gasteiger partial charge is 0.371 e. The molecule has 4 rings (SSSR count). The molecule has 3 aromatic rings. The first-order valence-electron chi connectivity index (χ1n) is 12.1. The molecule has 0 spiro atoms. The van der Waals surface area contributed by atoms with Gasteiger partial charge >= 0.3 is 0 Å². The number of carbonyl (C=O) groups excluding carboxylic acids is 1. The highest BCUT2D eigenvalue weighted by Crippen LogP contribution is 2.38. The maximum absolute atomic E-state index is 14.1. The van der Waals surface area contributed by atoms with Crippen molar-refractivity contribution in [2.75, 3.05) is 31.0 Å². The summed E-state index contributed by atoms with van der Waals surface area (Å²) in [5.41, 5.74) is 1.24. The molecular weight excluding hydrogens is 560 g/mol. The second-order valence-electron chi connectivity index (χ2n) is 9.36. The van der Waals surface area contributed by atoms with E-state index in [1.165, 1.54) is 56.0 Å². The van der Waals surface area contributed by atoms with E-state index >= 15 is 0 Å². The summed E-state index contributed by atoms with van der Waals surface area (Å²) in [5, 5.41) is 3.66. The number of pyridine rings is 1. The van der Waals surface area contributed by atoms with Crippen LogP contribution in [0, 0.1) is 12.8 Å². The van der Waals surface area contributed by atoms with E-state index in [9.17, 15) is 30.8 Å². The van der Waals surface area contributed by atoms with Crippen LogP contribution in [0.5, 0.6) is 0 Å². The number of benzene rings is 1. The van der Waals surface area contributed by atoms with Crippen molar-refractivity contribution in [3.8, 4) is 0 Å². The molecule has 1 N–H and O–H groups in total. The first-order valence-corrected chi connectivity index (χ1v) is 14.7. The Labute approximate surface area is 227 Å². The summed E-state index contributed by atoms with van der Waals surface area (Å²) in [6, 6.07) is 4.30. The molecule has 2 aromatic heterocycles. The fraction of sp³-hybridized carbons (Fsp3) is 0.480. The summed E-state index contributed by atoms with van der Waals surface area (Å²) >= 11 is 1.26. The lowest BCUT2D eigenvalue weighted by Gasteiger charge is -2.32. The average molecular weight is 589 g/mol. The van der Waals surface area contributed by atoms with Gasteiger partial charge in [-0.05, 0) is 37.5 Å². The maximum atomic E-state index is 14.1. The minimum atomic E-state index is -3.20. The van der Waals surface area contributed by atoms with Crippen LogP contribution >= 0.6 is 11.3 Å². The number of nitrogens with one attached hydrogen (secondary N) is 1. The van der Waals surface area contributed by atoms with Gasteiger partial charge in [-0.2, -0.15) is 0 Å². The molecular formula is C25H28F4N4O4S2. The van der Waals surface area contributed by atoms with Gasteiger partial charge < -0.3 is 15.0 Å². The van der Waals surface area contributed by atoms with Gasteiger partial charge in [0.05, 0.1) is 28.4 Å². The fourth-order valence-corrected chi connectivity index (χ4v) is 7.02. The number of hydrogen-bond acceptors (Lipinski definition) is 8. The van der Waals surface area contributed by atoms with Gasteiger partial charge in [-0.25, -0.2) is 35.9 Å². The van der Waals surface area contributed by atoms with Gasteiger partial charge in [0.25, 0.3) is 12.9 Å². The molecule has 39 heavy (non-hydrogen) atoms. The molecule has 0 aliphatic carbocycles. The number of ether oxygens (including phenoxy) is 1. The third kappa shape index (κ3) is 6.33. The number of rotatable bonds is 9. The predicted octanol–water partition coefficient (Wildman–Crippen LogP) is 5.29. The van der Waals surface area contributed by atoms with Crippen molar-refractivity contribution in [1.29, 1.82) is 0 Å². The average Bonchev–Trinajstić information content (AvgIpc) is 3.26. The van der Waals surface area contributed by atoms with Crippen LogP contribution < -0.4 is 5.32 Å². The normalized spacial score (nSPS) is 17.5. The summed E-state index contributed by atoms with van der Waals surface area (Å²) in [6.07, 6.45) is -5.71. The van der Waals surface area contributed by atoms with Crippen molar-refractivity contribution >= 4 is 48.8 Å². The number of anilines is 2. The zero-order valence-corrected chi connectivity index (χ0v) is 23.0. The Morgan fingerprint density at radius 3 is 2.33 bits per heavy atom. The molecule has 0 radical (unpaired) electrons. The Morgan fingerprint density at radius 1 is 1.13 bits per heavy atom. The number of methoxy groups -OCH3 is 1. The number of thiazole rings is 1. The van der Waals surface area contributed by atoms with E-state index in [2.05, 4.69) is 15.3 Å². The number of nitrogens with zero attached hydrogens (tertiary/aromatic N) is 3. The Balaban J connectivity index is 1.58. The van der Waals surface area contributed by atoms with Crippen molar-refractivity contribution in [3.05, 3.63) is 46.6 Å².